The Morgan fingerprint density at radius 1 is 0.423 bits per heavy atom. The number of aldehydes is 1. The van der Waals surface area contributed by atoms with Gasteiger partial charge in [-0.05, 0) is 173 Å². The number of halogens is 1. The number of benzene rings is 12. The van der Waals surface area contributed by atoms with Crippen LogP contribution in [0.15, 0.2) is 249 Å². The van der Waals surface area contributed by atoms with Crippen molar-refractivity contribution in [1.29, 1.82) is 0 Å². The molecule has 1 atom stereocenters. The van der Waals surface area contributed by atoms with Crippen LogP contribution in [0, 0.1) is 67.8 Å². The van der Waals surface area contributed by atoms with Gasteiger partial charge in [0.05, 0.1) is 57.2 Å². The standard InChI is InChI=1S/C29H26N2O4.C23H22N2O3.C21H20N2O2.C21H18N2O2.C19H19NO2.C8H7O2.Al.ClH.Li.Mg.4H/c1-4-13-33-22-10-11-24-23(17-22)27(20-7-5-19(6-8-20)18(2)3)31-29(30-24)28(32)21-9-12-25-26(16-21)35-15-14-34-25;1-5-13-28-18-11-12-20-19(14-18)21(25-22(24-20)23(26)27-6-2)17-9-7-16(8-10-17)15(3)4;2*1-4-11-25-17-9-10-19-18(12-17)21(23-20(13-24)22-19)16-7-5-15(6-8-16)14(2)3;1-4-11-22-16-9-10-18(20)17(12-16)19(21)15-7-5-14(6-8-15)13(2)3;1-2-4-8-7(3-1)9-5-6-10-8;;;;;;;;/h1,5-12,16-18,28,32H,13-15H2,2-3H3;1,7-12,14-15H,6,13H2,2-4H3;1,5-10,12,14,24H,11,13H2,2-3H3;1,5-10,12-14H,11H2,2-3H3;1,5-10,12-13H,11,20H2,2-3H3;1,3-4H,5-6H2;;1H;;;;;;/q;;;;;-1;;;+1;+2;;;;-1/p-1. The molecule has 0 spiro atoms. The maximum Gasteiger partial charge on any atom is 2.00 e. The van der Waals surface area contributed by atoms with Crippen LogP contribution in [0.25, 0.3) is 88.6 Å². The summed E-state index contributed by atoms with van der Waals surface area (Å²) in [5.41, 5.74) is 23.5. The van der Waals surface area contributed by atoms with Crippen LogP contribution in [0.4, 0.5) is 5.69 Å². The Morgan fingerprint density at radius 2 is 0.772 bits per heavy atom. The van der Waals surface area contributed by atoms with E-state index in [1.165, 1.54) is 27.8 Å². The van der Waals surface area contributed by atoms with Gasteiger partial charge < -0.3 is 77.1 Å². The Labute approximate surface area is 916 Å². The zero-order valence-corrected chi connectivity index (χ0v) is 87.0. The average molecular weight is 2030 g/mol. The number of ketones is 1. The van der Waals surface area contributed by atoms with Crippen molar-refractivity contribution in [2.24, 2.45) is 0 Å². The summed E-state index contributed by atoms with van der Waals surface area (Å²) in [5, 5.41) is 24.0. The van der Waals surface area contributed by atoms with Crippen molar-refractivity contribution in [1.82, 2.24) is 39.9 Å². The van der Waals surface area contributed by atoms with Crippen LogP contribution in [0.2, 0.25) is 0 Å². The van der Waals surface area contributed by atoms with Gasteiger partial charge >= 0.3 is 47.9 Å². The van der Waals surface area contributed by atoms with Crippen molar-refractivity contribution in [2.45, 2.75) is 118 Å². The number of hydrogen-bond donors (Lipinski definition) is 3. The summed E-state index contributed by atoms with van der Waals surface area (Å²) in [6.45, 7) is 26.4. The van der Waals surface area contributed by atoms with Crippen LogP contribution in [-0.2, 0) is 11.3 Å². The van der Waals surface area contributed by atoms with E-state index in [-0.39, 0.29) is 137 Å². The van der Waals surface area contributed by atoms with Crippen molar-refractivity contribution in [3.05, 3.63) is 323 Å². The van der Waals surface area contributed by atoms with E-state index >= 15 is 0 Å². The van der Waals surface area contributed by atoms with Crippen molar-refractivity contribution < 1.29 is 105 Å². The number of terminal acetylenes is 5. The predicted molar refractivity (Wildman–Crippen MR) is 585 cm³/mol. The third-order valence-electron chi connectivity index (χ3n) is 23.1. The second-order valence-corrected chi connectivity index (χ2v) is 34.8. The van der Waals surface area contributed by atoms with E-state index in [0.717, 1.165) is 66.5 Å². The summed E-state index contributed by atoms with van der Waals surface area (Å²) in [4.78, 5) is 72.0. The molecule has 16 aromatic rings. The number of nitrogens with zero attached hydrogens (tertiary/aromatic N) is 8. The second-order valence-electron chi connectivity index (χ2n) is 34.8. The number of aliphatic hydroxyl groups excluding tert-OH is 2. The number of anilines is 1. The topological polar surface area (TPSA) is 313 Å². The monoisotopic (exact) mass is 2030 g/mol. The Hall–Kier alpha value is -15.3. The zero-order chi connectivity index (χ0) is 103. The van der Waals surface area contributed by atoms with E-state index in [1.54, 1.807) is 67.6 Å². The normalized spacial score (nSPS) is 11.3. The molecule has 12 aromatic carbocycles. The third-order valence-corrected chi connectivity index (χ3v) is 23.1. The molecule has 0 amide bonds. The van der Waals surface area contributed by atoms with Gasteiger partial charge in [-0.25, -0.2) is 44.7 Å². The van der Waals surface area contributed by atoms with Gasteiger partial charge in [-0.2, -0.15) is 12.1 Å². The number of nitrogens with two attached hydrogens (primary N) is 1. The molecule has 2 aliphatic heterocycles. The van der Waals surface area contributed by atoms with E-state index in [1.807, 2.05) is 140 Å². The molecular formula is C121H116AlClLiMgN9O15. The minimum atomic E-state index is -1.04. The number of aromatic nitrogens is 8. The molecule has 18 rings (SSSR count). The molecule has 1 unspecified atom stereocenters. The molecule has 748 valence electrons. The molecule has 4 N–H and O–H groups in total. The van der Waals surface area contributed by atoms with Crippen molar-refractivity contribution in [3.8, 4) is 158 Å². The van der Waals surface area contributed by atoms with E-state index in [4.69, 9.17) is 90.2 Å². The second kappa shape index (κ2) is 57.7. The number of esters is 1. The van der Waals surface area contributed by atoms with Gasteiger partial charge in [-0.3, -0.25) is 9.59 Å². The first-order valence-corrected chi connectivity index (χ1v) is 47.4. The largest absolute Gasteiger partial charge is 2.00 e. The van der Waals surface area contributed by atoms with Crippen molar-refractivity contribution in [2.75, 3.05) is 71.8 Å². The number of carbonyl (C=O) groups is 3. The maximum absolute atomic E-state index is 12.6. The molecule has 0 saturated heterocycles. The molecule has 0 saturated carbocycles. The van der Waals surface area contributed by atoms with Crippen LogP contribution in [-0.4, -0.2) is 175 Å². The van der Waals surface area contributed by atoms with E-state index in [2.05, 4.69) is 188 Å². The van der Waals surface area contributed by atoms with Gasteiger partial charge in [-0.15, -0.1) is 44.2 Å². The summed E-state index contributed by atoms with van der Waals surface area (Å²) < 4.78 is 54.5. The molecule has 149 heavy (non-hydrogen) atoms. The van der Waals surface area contributed by atoms with Crippen LogP contribution in [0.1, 0.15) is 195 Å². The molecule has 4 aromatic heterocycles. The van der Waals surface area contributed by atoms with Gasteiger partial charge in [0.2, 0.25) is 5.82 Å². The quantitative estimate of drug-likeness (QED) is 0.00819. The summed E-state index contributed by atoms with van der Waals surface area (Å²) in [6.07, 6.45) is 25.9. The van der Waals surface area contributed by atoms with E-state index < -0.39 is 12.1 Å². The van der Waals surface area contributed by atoms with E-state index in [9.17, 15) is 24.6 Å². The predicted octanol–water partition coefficient (Wildman–Crippen LogP) is 15.5. The molecule has 0 radical (unpaired) electrons. The fourth-order valence-electron chi connectivity index (χ4n) is 15.3. The molecule has 24 nitrogen and oxygen atoms in total. The zero-order valence-electron chi connectivity index (χ0n) is 85.8. The average Bonchev–Trinajstić information content (AvgIpc) is 0.782. The summed E-state index contributed by atoms with van der Waals surface area (Å²) in [6, 6.07) is 81.2. The van der Waals surface area contributed by atoms with Crippen LogP contribution in [0.3, 0.4) is 0 Å². The fraction of sp³-hybridized carbons (Fsp3) is 0.231. The molecular weight excluding hydrogens is 1910 g/mol. The molecule has 0 fully saturated rings. The van der Waals surface area contributed by atoms with Crippen molar-refractivity contribution in [3.63, 3.8) is 0 Å². The molecule has 28 heteroatoms. The summed E-state index contributed by atoms with van der Waals surface area (Å²) >= 11 is 0. The number of ether oxygens (including phenoxy) is 10. The van der Waals surface area contributed by atoms with Gasteiger partial charge in [0, 0.05) is 66.4 Å². The first-order valence-electron chi connectivity index (χ1n) is 47.4. The Balaban J connectivity index is 0.000000222. The minimum absolute atomic E-state index is 0. The third kappa shape index (κ3) is 31.4. The Bertz CT molecular complexity index is 7480. The Morgan fingerprint density at radius 3 is 1.17 bits per heavy atom. The smallest absolute Gasteiger partial charge is 1.00 e. The number of aliphatic hydroxyl groups is 2. The molecule has 2 aliphatic rings. The maximum atomic E-state index is 12.6. The number of fused-ring (bicyclic) bond motifs is 6. The van der Waals surface area contributed by atoms with Gasteiger partial charge in [0.25, 0.3) is 0 Å². The van der Waals surface area contributed by atoms with Crippen molar-refractivity contribution >= 4 is 108 Å². The molecule has 6 heterocycles. The Kier molecular flexibility index (Phi) is 45.4. The van der Waals surface area contributed by atoms with Gasteiger partial charge in [0.15, 0.2) is 58.4 Å². The van der Waals surface area contributed by atoms with Gasteiger partial charge in [-0.1, -0.05) is 226 Å². The van der Waals surface area contributed by atoms with Crippen LogP contribution < -0.4 is 79.6 Å². The van der Waals surface area contributed by atoms with Crippen LogP contribution in [0.5, 0.6) is 51.7 Å². The first-order chi connectivity index (χ1) is 70.3. The minimum Gasteiger partial charge on any atom is -1.00 e. The number of hydrogen-bond acceptors (Lipinski definition) is 24. The molecule has 0 bridgehead atoms. The van der Waals surface area contributed by atoms with Gasteiger partial charge in [0.1, 0.15) is 101 Å². The summed E-state index contributed by atoms with van der Waals surface area (Å²) in [7, 11) is 0. The number of rotatable bonds is 27. The van der Waals surface area contributed by atoms with Crippen LogP contribution >= 0.6 is 0 Å². The first kappa shape index (κ1) is 117. The molecule has 0 aliphatic carbocycles. The fourth-order valence-corrected chi connectivity index (χ4v) is 15.3. The SMILES string of the molecule is C#CCOc1ccc(N)c(C(=O)c2ccc(C(C)C)cc2)c1.C#CCOc1ccc2nc(C(=O)OCC)nc(-c3ccc(C(C)C)cc3)c2c1.C#CCOc1ccc2nc(C(O)c3ccc4c(c3)OCCO4)nc(-c3ccc(C(C)C)cc3)c2c1.C#CCOc1ccc2nc(C=O)nc(-c3ccc(C(C)C)cc3)c2c1.C#CCOc1ccc2nc(CO)nc(-c3ccc(C(C)C)cc3)c2c1.[AlH3].[Cl-].[H-].[Li+].[Mg+2].[c-]1ccc2c(c1)OCCO2. The number of nitrogen functional groups attached to an aromatic ring is 1. The summed E-state index contributed by atoms with van der Waals surface area (Å²) in [5.74, 6) is 20.6. The van der Waals surface area contributed by atoms with E-state index in [0.29, 0.717) is 170 Å². The number of carbonyl (C=O) groups excluding carboxylic acids is 3.